The van der Waals surface area contributed by atoms with Crippen LogP contribution in [0.1, 0.15) is 165 Å². The molecule has 0 bridgehead atoms. The Morgan fingerprint density at radius 1 is 0.589 bits per heavy atom. The Morgan fingerprint density at radius 3 is 1.70 bits per heavy atom. The minimum Gasteiger partial charge on any atom is -0.413 e. The summed E-state index contributed by atoms with van der Waals surface area (Å²) in [7, 11) is -8.68. The van der Waals surface area contributed by atoms with Crippen molar-refractivity contribution in [1.29, 1.82) is 0 Å². The zero-order valence-electron chi connectivity index (χ0n) is 70.1. The fraction of sp³-hybridized carbons (Fsp3) is 0.701. The van der Waals surface area contributed by atoms with E-state index in [2.05, 4.69) is 255 Å². The lowest BCUT2D eigenvalue weighted by Gasteiger charge is -2.55. The third kappa shape index (κ3) is 26.1. The van der Waals surface area contributed by atoms with E-state index in [0.29, 0.717) is 110 Å². The average molecular weight is 1630 g/mol. The van der Waals surface area contributed by atoms with Gasteiger partial charge in [-0.25, -0.2) is 0 Å². The van der Waals surface area contributed by atoms with Crippen LogP contribution in [0.3, 0.4) is 0 Å². The molecule has 0 unspecified atom stereocenters. The first-order valence-electron chi connectivity index (χ1n) is 40.8. The summed E-state index contributed by atoms with van der Waals surface area (Å²) in [6.45, 7) is 55.7. The second-order valence-corrected chi connectivity index (χ2v) is 63.0. The van der Waals surface area contributed by atoms with Crippen molar-refractivity contribution in [1.82, 2.24) is 0 Å². The van der Waals surface area contributed by atoms with Gasteiger partial charge in [-0.2, -0.15) is 0 Å². The van der Waals surface area contributed by atoms with Crippen molar-refractivity contribution in [3.05, 3.63) is 143 Å². The van der Waals surface area contributed by atoms with E-state index in [-0.39, 0.29) is 90.4 Å². The average Bonchev–Trinajstić information content (AvgIpc) is 0.745. The van der Waals surface area contributed by atoms with E-state index in [1.54, 1.807) is 0 Å². The summed E-state index contributed by atoms with van der Waals surface area (Å²) in [5.41, 5.74) is 2.70. The highest BCUT2D eigenvalue weighted by Crippen LogP contribution is 2.51. The maximum Gasteiger partial charge on any atom is 0.261 e. The van der Waals surface area contributed by atoms with Crippen LogP contribution in [0, 0.1) is 11.8 Å². The van der Waals surface area contributed by atoms with Crippen molar-refractivity contribution >= 4 is 67.4 Å². The molecule has 4 aromatic carbocycles. The summed E-state index contributed by atoms with van der Waals surface area (Å²) in [5, 5.41) is 2.11. The normalized spacial score (nSPS) is 26.3. The number of rotatable bonds is 41. The van der Waals surface area contributed by atoms with Gasteiger partial charge in [-0.05, 0) is 107 Å². The van der Waals surface area contributed by atoms with Crippen molar-refractivity contribution in [2.24, 2.45) is 11.8 Å². The van der Waals surface area contributed by atoms with Gasteiger partial charge < -0.3 is 65.4 Å². The first kappa shape index (κ1) is 90.2. The molecule has 602 valence electrons. The molecular formula is C87H143BrO14Si5. The second-order valence-electron chi connectivity index (χ2n) is 37.2. The van der Waals surface area contributed by atoms with E-state index in [9.17, 15) is 0 Å². The van der Waals surface area contributed by atoms with Crippen LogP contribution >= 0.6 is 15.9 Å². The predicted octanol–water partition coefficient (Wildman–Crippen LogP) is 20.8. The summed E-state index contributed by atoms with van der Waals surface area (Å²) in [6, 6.07) is 45.8. The zero-order valence-corrected chi connectivity index (χ0v) is 76.7. The standard InChI is InChI=1S/C87H143BrO14Si5/c1-23-106(24-2,25-3)102-85(13)56-75(98-87(63-85)58-74(94-64-91-47-49-103(15,16)17)52-71(96-87)45-46-90-61-70-39-35-36-44-80(70)88)51-66(4)67(5)82(95-65-92-48-50-104(18,19)20)68(6)81(101-105(21,22)83(7,8)9)55-72-53-73(89-14)57-86(97-72)59-76(54-77(99-86)62-93-60-69-37-29-26-30-38-69)100-107(84(10,11)12,78-40-31-27-32-41-78)79-42-33-28-34-43-79/h26-44,67-68,71-77,81-82H,4,23-25,45-65H2,1-3,5-22H3/t67-,68-,71+,72+,73+,74+,75+,76+,77-,81+,82+,85+,86-,87-/m1/s1. The van der Waals surface area contributed by atoms with Crippen molar-refractivity contribution in [3.8, 4) is 0 Å². The third-order valence-corrected chi connectivity index (χ3v) is 42.5. The minimum absolute atomic E-state index is 0.112. The zero-order chi connectivity index (χ0) is 78.1. The smallest absolute Gasteiger partial charge is 0.261 e. The van der Waals surface area contributed by atoms with Crippen LogP contribution in [0.25, 0.3) is 0 Å². The van der Waals surface area contributed by atoms with E-state index in [1.807, 2.05) is 19.2 Å². The number of hydrogen-bond acceptors (Lipinski definition) is 14. The Balaban J connectivity index is 1.13. The molecule has 20 heteroatoms. The molecule has 4 aliphatic rings. The number of ether oxygens (including phenoxy) is 11. The van der Waals surface area contributed by atoms with Gasteiger partial charge in [0.15, 0.2) is 28.2 Å². The van der Waals surface area contributed by atoms with Crippen molar-refractivity contribution < 1.29 is 65.4 Å². The van der Waals surface area contributed by atoms with Gasteiger partial charge in [-0.3, -0.25) is 0 Å². The first-order chi connectivity index (χ1) is 50.4. The maximum absolute atomic E-state index is 8.12. The molecule has 4 aliphatic heterocycles. The molecule has 0 aliphatic carbocycles. The highest BCUT2D eigenvalue weighted by molar-refractivity contribution is 9.10. The maximum atomic E-state index is 8.12. The molecule has 0 saturated carbocycles. The molecule has 0 radical (unpaired) electrons. The van der Waals surface area contributed by atoms with Gasteiger partial charge in [-0.1, -0.05) is 253 Å². The molecule has 4 aromatic rings. The molecule has 4 saturated heterocycles. The Hall–Kier alpha value is -2.38. The predicted molar refractivity (Wildman–Crippen MR) is 453 cm³/mol. The van der Waals surface area contributed by atoms with E-state index >= 15 is 0 Å². The van der Waals surface area contributed by atoms with Crippen LogP contribution < -0.4 is 10.4 Å². The highest BCUT2D eigenvalue weighted by atomic mass is 79.9. The van der Waals surface area contributed by atoms with E-state index in [4.69, 9.17) is 72.0 Å². The molecule has 2 spiro atoms. The van der Waals surface area contributed by atoms with Crippen molar-refractivity contribution in [2.75, 3.05) is 47.1 Å². The fourth-order valence-corrected chi connectivity index (χ4v) is 27.8. The molecule has 0 N–H and O–H groups in total. The fourth-order valence-electron chi connectivity index (χ4n) is 16.6. The molecule has 8 rings (SSSR count). The molecule has 14 nitrogen and oxygen atoms in total. The summed E-state index contributed by atoms with van der Waals surface area (Å²) >= 11 is 3.74. The lowest BCUT2D eigenvalue weighted by molar-refractivity contribution is -0.353. The molecule has 0 aromatic heterocycles. The third-order valence-electron chi connectivity index (χ3n) is 23.9. The van der Waals surface area contributed by atoms with Gasteiger partial charge in [0.1, 0.15) is 13.6 Å². The van der Waals surface area contributed by atoms with E-state index in [1.165, 1.54) is 10.4 Å². The molecule has 14 atom stereocenters. The Kier molecular flexibility index (Phi) is 33.5. The largest absolute Gasteiger partial charge is 0.413 e. The van der Waals surface area contributed by atoms with Gasteiger partial charge in [-0.15, -0.1) is 0 Å². The van der Waals surface area contributed by atoms with Gasteiger partial charge in [0, 0.05) is 111 Å². The summed E-state index contributed by atoms with van der Waals surface area (Å²) in [5.74, 6) is -2.43. The minimum atomic E-state index is -3.06. The lowest BCUT2D eigenvalue weighted by atomic mass is 9.78. The number of halogens is 1. The molecule has 4 fully saturated rings. The van der Waals surface area contributed by atoms with Crippen LogP contribution in [0.5, 0.6) is 0 Å². The highest BCUT2D eigenvalue weighted by Gasteiger charge is 2.58. The van der Waals surface area contributed by atoms with Crippen LogP contribution in [-0.4, -0.2) is 160 Å². The van der Waals surface area contributed by atoms with Crippen molar-refractivity contribution in [3.63, 3.8) is 0 Å². The van der Waals surface area contributed by atoms with Crippen LogP contribution in [-0.2, 0) is 78.6 Å². The molecular weight excluding hydrogens is 1490 g/mol. The Morgan fingerprint density at radius 2 is 1.12 bits per heavy atom. The van der Waals surface area contributed by atoms with Crippen LogP contribution in [0.15, 0.2) is 132 Å². The molecule has 0 amide bonds. The monoisotopic (exact) mass is 1630 g/mol. The topological polar surface area (TPSA) is 129 Å². The van der Waals surface area contributed by atoms with Crippen LogP contribution in [0.4, 0.5) is 0 Å². The second kappa shape index (κ2) is 39.8. The SMILES string of the molecule is C=C(C[C@H]1C[C@](C)(O[Si](CC)(CC)CC)C[C@@]2(C[C@@H](OCOCC[Si](C)(C)C)C[C@H](CCOCc3ccccc3Br)O2)O1)[C@@H](C)[C@H](OCOCC[Si](C)(C)C)[C@H](C)[C@H](C[C@@H]1C[C@H](OC)C[C@@]2(C[C@@H](O[Si](c3ccccc3)(c3ccccc3)C(C)(C)C)C[C@H](COCc3ccccc3)O2)O1)O[Si](C)(C)C(C)(C)C. The van der Waals surface area contributed by atoms with Crippen molar-refractivity contribution in [2.45, 2.75) is 332 Å². The number of benzene rings is 4. The van der Waals surface area contributed by atoms with Gasteiger partial charge >= 0.3 is 0 Å². The number of hydrogen-bond donors (Lipinski definition) is 0. The summed E-state index contributed by atoms with van der Waals surface area (Å²) < 4.78 is 102. The summed E-state index contributed by atoms with van der Waals surface area (Å²) in [6.07, 6.45) is 4.24. The van der Waals surface area contributed by atoms with Crippen LogP contribution in [0.2, 0.25) is 92.7 Å². The molecule has 107 heavy (non-hydrogen) atoms. The quantitative estimate of drug-likeness (QED) is 0.0181. The van der Waals surface area contributed by atoms with Gasteiger partial charge in [0.25, 0.3) is 8.32 Å². The lowest BCUT2D eigenvalue weighted by Crippen LogP contribution is -2.69. The Bertz CT molecular complexity index is 3220. The molecule has 4 heterocycles. The van der Waals surface area contributed by atoms with Gasteiger partial charge in [0.05, 0.1) is 80.4 Å². The number of methoxy groups -OCH3 is 1. The van der Waals surface area contributed by atoms with E-state index < -0.39 is 58.3 Å². The van der Waals surface area contributed by atoms with Gasteiger partial charge in [0.2, 0.25) is 0 Å². The first-order valence-corrected chi connectivity index (χ1v) is 56.3. The Labute approximate surface area is 662 Å². The summed E-state index contributed by atoms with van der Waals surface area (Å²) in [4.78, 5) is 0. The van der Waals surface area contributed by atoms with E-state index in [0.717, 1.165) is 51.4 Å².